The molecule has 0 amide bonds. The molecule has 0 aromatic heterocycles. The molecule has 2 aromatic rings. The molecule has 26 heavy (non-hydrogen) atoms. The van der Waals surface area contributed by atoms with Crippen molar-refractivity contribution in [1.82, 2.24) is 0 Å². The van der Waals surface area contributed by atoms with Crippen LogP contribution in [0.2, 0.25) is 0 Å². The van der Waals surface area contributed by atoms with Crippen LogP contribution in [0.15, 0.2) is 42.5 Å². The summed E-state index contributed by atoms with van der Waals surface area (Å²) in [5.74, 6) is 1.87. The zero-order chi connectivity index (χ0) is 18.5. The number of carbonyl (C=O) groups is 1. The highest BCUT2D eigenvalue weighted by Crippen LogP contribution is 2.27. The summed E-state index contributed by atoms with van der Waals surface area (Å²) in [5, 5.41) is 0. The number of Topliss-reactive ketones (excluding diaryl/α,β-unsaturated/α-hetero) is 1. The SMILES string of the molecule is COc1ccc(C(C)=O)cc1C[NH+]1CCN(c2ccccc2OC)CC1. The first-order chi connectivity index (χ1) is 12.6. The van der Waals surface area contributed by atoms with Crippen molar-refractivity contribution >= 4 is 11.5 Å². The molecule has 1 aliphatic rings. The Morgan fingerprint density at radius 3 is 2.38 bits per heavy atom. The van der Waals surface area contributed by atoms with Crippen LogP contribution >= 0.6 is 0 Å². The minimum atomic E-state index is 0.0879. The number of anilines is 1. The fourth-order valence-corrected chi connectivity index (χ4v) is 3.54. The van der Waals surface area contributed by atoms with Gasteiger partial charge >= 0.3 is 0 Å². The van der Waals surface area contributed by atoms with Crippen LogP contribution in [0.3, 0.4) is 0 Å². The predicted molar refractivity (Wildman–Crippen MR) is 103 cm³/mol. The van der Waals surface area contributed by atoms with E-state index in [1.807, 2.05) is 30.3 Å². The van der Waals surface area contributed by atoms with Gasteiger partial charge in [-0.25, -0.2) is 0 Å². The number of ether oxygens (including phenoxy) is 2. The summed E-state index contributed by atoms with van der Waals surface area (Å²) in [7, 11) is 3.40. The van der Waals surface area contributed by atoms with Gasteiger partial charge in [-0.05, 0) is 37.3 Å². The quantitative estimate of drug-likeness (QED) is 0.803. The van der Waals surface area contributed by atoms with Crippen LogP contribution < -0.4 is 19.3 Å². The highest BCUT2D eigenvalue weighted by molar-refractivity contribution is 5.94. The van der Waals surface area contributed by atoms with Gasteiger partial charge in [-0.15, -0.1) is 0 Å². The van der Waals surface area contributed by atoms with Crippen molar-refractivity contribution in [3.05, 3.63) is 53.6 Å². The van der Waals surface area contributed by atoms with Gasteiger partial charge in [0.2, 0.25) is 0 Å². The molecule has 0 aliphatic carbocycles. The lowest BCUT2D eigenvalue weighted by atomic mass is 10.1. The number of rotatable bonds is 6. The van der Waals surface area contributed by atoms with Crippen molar-refractivity contribution < 1.29 is 19.2 Å². The molecule has 1 fully saturated rings. The summed E-state index contributed by atoms with van der Waals surface area (Å²) in [6.07, 6.45) is 0. The fraction of sp³-hybridized carbons (Fsp3) is 0.381. The number of nitrogens with zero attached hydrogens (tertiary/aromatic N) is 1. The Labute approximate surface area is 155 Å². The van der Waals surface area contributed by atoms with E-state index in [2.05, 4.69) is 17.0 Å². The topological polar surface area (TPSA) is 43.2 Å². The third-order valence-corrected chi connectivity index (χ3v) is 5.02. The standard InChI is InChI=1S/C21H26N2O3/c1-16(24)17-8-9-20(25-2)18(14-17)15-22-10-12-23(13-11-22)19-6-4-5-7-21(19)26-3/h4-9,14H,10-13,15H2,1-3H3/p+1. The van der Waals surface area contributed by atoms with E-state index in [1.165, 1.54) is 4.90 Å². The van der Waals surface area contributed by atoms with Crippen LogP contribution in [-0.2, 0) is 6.54 Å². The maximum atomic E-state index is 11.7. The van der Waals surface area contributed by atoms with Gasteiger partial charge in [0.25, 0.3) is 0 Å². The molecule has 5 heteroatoms. The third-order valence-electron chi connectivity index (χ3n) is 5.02. The summed E-state index contributed by atoms with van der Waals surface area (Å²) in [6.45, 7) is 6.49. The predicted octanol–water partition coefficient (Wildman–Crippen LogP) is 1.81. The highest BCUT2D eigenvalue weighted by Gasteiger charge is 2.23. The minimum Gasteiger partial charge on any atom is -0.496 e. The summed E-state index contributed by atoms with van der Waals surface area (Å²) in [6, 6.07) is 13.9. The van der Waals surface area contributed by atoms with E-state index >= 15 is 0 Å². The van der Waals surface area contributed by atoms with Crippen LogP contribution in [0, 0.1) is 0 Å². The maximum absolute atomic E-state index is 11.7. The van der Waals surface area contributed by atoms with E-state index < -0.39 is 0 Å². The van der Waals surface area contributed by atoms with Gasteiger partial charge in [-0.1, -0.05) is 12.1 Å². The van der Waals surface area contributed by atoms with Crippen molar-refractivity contribution in [2.45, 2.75) is 13.5 Å². The zero-order valence-corrected chi connectivity index (χ0v) is 15.7. The third kappa shape index (κ3) is 3.99. The summed E-state index contributed by atoms with van der Waals surface area (Å²) in [4.78, 5) is 15.6. The summed E-state index contributed by atoms with van der Waals surface area (Å²) < 4.78 is 11.0. The number of piperazine rings is 1. The molecule has 0 unspecified atom stereocenters. The van der Waals surface area contributed by atoms with E-state index in [0.717, 1.165) is 61.0 Å². The number of quaternary nitrogens is 1. The first kappa shape index (κ1) is 18.3. The van der Waals surface area contributed by atoms with Crippen LogP contribution in [0.25, 0.3) is 0 Å². The van der Waals surface area contributed by atoms with E-state index in [9.17, 15) is 4.79 Å². The number of hydrogen-bond acceptors (Lipinski definition) is 4. The molecule has 1 heterocycles. The zero-order valence-electron chi connectivity index (χ0n) is 15.7. The molecule has 5 nitrogen and oxygen atoms in total. The lowest BCUT2D eigenvalue weighted by Gasteiger charge is -2.34. The number of methoxy groups -OCH3 is 2. The first-order valence-electron chi connectivity index (χ1n) is 9.01. The van der Waals surface area contributed by atoms with Gasteiger partial charge in [0, 0.05) is 11.1 Å². The number of ketones is 1. The first-order valence-corrected chi connectivity index (χ1v) is 9.01. The average Bonchev–Trinajstić information content (AvgIpc) is 2.68. The molecule has 1 saturated heterocycles. The van der Waals surface area contributed by atoms with Crippen LogP contribution in [0.5, 0.6) is 11.5 Å². The maximum Gasteiger partial charge on any atom is 0.159 e. The molecule has 138 valence electrons. The van der Waals surface area contributed by atoms with Crippen LogP contribution in [0.4, 0.5) is 5.69 Å². The summed E-state index contributed by atoms with van der Waals surface area (Å²) in [5.41, 5.74) is 3.00. The van der Waals surface area contributed by atoms with Gasteiger partial charge in [-0.3, -0.25) is 4.79 Å². The largest absolute Gasteiger partial charge is 0.496 e. The molecule has 1 aliphatic heterocycles. The molecule has 1 N–H and O–H groups in total. The smallest absolute Gasteiger partial charge is 0.159 e. The van der Waals surface area contributed by atoms with Crippen molar-refractivity contribution in [2.75, 3.05) is 45.3 Å². The normalized spacial score (nSPS) is 15.0. The van der Waals surface area contributed by atoms with Crippen molar-refractivity contribution in [1.29, 1.82) is 0 Å². The van der Waals surface area contributed by atoms with Crippen molar-refractivity contribution in [3.63, 3.8) is 0 Å². The highest BCUT2D eigenvalue weighted by atomic mass is 16.5. The molecular formula is C21H27N2O3+. The number of para-hydroxylation sites is 2. The Bertz CT molecular complexity index is 768. The lowest BCUT2D eigenvalue weighted by molar-refractivity contribution is -0.914. The summed E-state index contributed by atoms with van der Waals surface area (Å²) >= 11 is 0. The van der Waals surface area contributed by atoms with Gasteiger partial charge in [0.15, 0.2) is 5.78 Å². The molecule has 0 radical (unpaired) electrons. The molecule has 0 spiro atoms. The van der Waals surface area contributed by atoms with E-state index in [4.69, 9.17) is 9.47 Å². The Hall–Kier alpha value is -2.53. The second-order valence-electron chi connectivity index (χ2n) is 6.67. The second kappa shape index (κ2) is 8.23. The number of hydrogen-bond donors (Lipinski definition) is 1. The van der Waals surface area contributed by atoms with Gasteiger partial charge in [0.1, 0.15) is 18.0 Å². The molecule has 0 atom stereocenters. The molecule has 3 rings (SSSR count). The Kier molecular flexibility index (Phi) is 5.78. The van der Waals surface area contributed by atoms with Gasteiger partial charge in [-0.2, -0.15) is 0 Å². The van der Waals surface area contributed by atoms with Crippen molar-refractivity contribution in [3.8, 4) is 11.5 Å². The van der Waals surface area contributed by atoms with Gasteiger partial charge < -0.3 is 19.3 Å². The molecule has 0 bridgehead atoms. The molecule has 0 saturated carbocycles. The Morgan fingerprint density at radius 2 is 1.73 bits per heavy atom. The van der Waals surface area contributed by atoms with E-state index in [0.29, 0.717) is 0 Å². The number of carbonyl (C=O) groups excluding carboxylic acids is 1. The Morgan fingerprint density at radius 1 is 1.04 bits per heavy atom. The number of benzene rings is 2. The molecule has 2 aromatic carbocycles. The van der Waals surface area contributed by atoms with Crippen LogP contribution in [-0.4, -0.2) is 46.2 Å². The minimum absolute atomic E-state index is 0.0879. The van der Waals surface area contributed by atoms with Gasteiger partial charge in [0.05, 0.1) is 46.1 Å². The van der Waals surface area contributed by atoms with E-state index in [1.54, 1.807) is 21.1 Å². The lowest BCUT2D eigenvalue weighted by Crippen LogP contribution is -3.13. The fourth-order valence-electron chi connectivity index (χ4n) is 3.54. The van der Waals surface area contributed by atoms with Crippen molar-refractivity contribution in [2.24, 2.45) is 0 Å². The molecular weight excluding hydrogens is 328 g/mol. The Balaban J connectivity index is 1.67. The second-order valence-corrected chi connectivity index (χ2v) is 6.67. The van der Waals surface area contributed by atoms with E-state index in [-0.39, 0.29) is 5.78 Å². The monoisotopic (exact) mass is 355 g/mol. The average molecular weight is 355 g/mol. The van der Waals surface area contributed by atoms with Crippen LogP contribution in [0.1, 0.15) is 22.8 Å². The number of nitrogens with one attached hydrogen (secondary N) is 1.